The van der Waals surface area contributed by atoms with Crippen molar-refractivity contribution in [1.29, 1.82) is 0 Å². The van der Waals surface area contributed by atoms with Gasteiger partial charge in [0.25, 0.3) is 0 Å². The number of hydrogen-bond acceptors (Lipinski definition) is 2. The predicted molar refractivity (Wildman–Crippen MR) is 76.6 cm³/mol. The van der Waals surface area contributed by atoms with Crippen LogP contribution < -0.4 is 10.6 Å². The van der Waals surface area contributed by atoms with Gasteiger partial charge in [0.05, 0.1) is 0 Å². The van der Waals surface area contributed by atoms with E-state index in [2.05, 4.69) is 24.5 Å². The van der Waals surface area contributed by atoms with E-state index < -0.39 is 6.04 Å². The van der Waals surface area contributed by atoms with Crippen molar-refractivity contribution >= 4 is 11.8 Å². The predicted octanol–water partition coefficient (Wildman–Crippen LogP) is 2.09. The zero-order chi connectivity index (χ0) is 14.8. The SMILES string of the molecule is CNC(=O)[C@@H](NC(=O)CC(C)(C)C1CC1)C(C)(C)C. The average molecular weight is 268 g/mol. The van der Waals surface area contributed by atoms with Crippen LogP contribution in [0.5, 0.6) is 0 Å². The third-order valence-electron chi connectivity index (χ3n) is 3.98. The number of nitrogens with one attached hydrogen (secondary N) is 2. The van der Waals surface area contributed by atoms with Crippen LogP contribution >= 0.6 is 0 Å². The fourth-order valence-corrected chi connectivity index (χ4v) is 2.45. The van der Waals surface area contributed by atoms with Crippen LogP contribution in [0, 0.1) is 16.7 Å². The normalized spacial score (nSPS) is 17.8. The van der Waals surface area contributed by atoms with Gasteiger partial charge in [0.2, 0.25) is 11.8 Å². The summed E-state index contributed by atoms with van der Waals surface area (Å²) in [5.74, 6) is 0.497. The van der Waals surface area contributed by atoms with E-state index in [1.807, 2.05) is 20.8 Å². The molecule has 4 nitrogen and oxygen atoms in total. The molecule has 1 saturated carbocycles. The molecule has 2 N–H and O–H groups in total. The molecule has 0 radical (unpaired) electrons. The minimum Gasteiger partial charge on any atom is -0.357 e. The largest absolute Gasteiger partial charge is 0.357 e. The summed E-state index contributed by atoms with van der Waals surface area (Å²) in [5, 5.41) is 5.52. The molecule has 0 bridgehead atoms. The van der Waals surface area contributed by atoms with Crippen LogP contribution in [-0.2, 0) is 9.59 Å². The Bertz CT molecular complexity index is 352. The fourth-order valence-electron chi connectivity index (χ4n) is 2.45. The molecule has 0 aromatic rings. The van der Waals surface area contributed by atoms with E-state index >= 15 is 0 Å². The van der Waals surface area contributed by atoms with Crippen LogP contribution in [0.3, 0.4) is 0 Å². The maximum atomic E-state index is 12.2. The first-order chi connectivity index (χ1) is 8.58. The topological polar surface area (TPSA) is 58.2 Å². The number of rotatable bonds is 5. The summed E-state index contributed by atoms with van der Waals surface area (Å²) in [6.45, 7) is 10.1. The Balaban J connectivity index is 2.63. The van der Waals surface area contributed by atoms with Crippen molar-refractivity contribution < 1.29 is 9.59 Å². The molecule has 19 heavy (non-hydrogen) atoms. The van der Waals surface area contributed by atoms with E-state index in [9.17, 15) is 9.59 Å². The Morgan fingerprint density at radius 3 is 2.05 bits per heavy atom. The Morgan fingerprint density at radius 2 is 1.68 bits per heavy atom. The molecule has 0 saturated heterocycles. The van der Waals surface area contributed by atoms with Crippen molar-refractivity contribution in [2.45, 2.75) is 59.9 Å². The Kier molecular flexibility index (Phi) is 4.64. The van der Waals surface area contributed by atoms with E-state index in [0.717, 1.165) is 0 Å². The van der Waals surface area contributed by atoms with Gasteiger partial charge in [0.1, 0.15) is 6.04 Å². The van der Waals surface area contributed by atoms with Crippen molar-refractivity contribution in [3.05, 3.63) is 0 Å². The zero-order valence-electron chi connectivity index (χ0n) is 13.1. The molecule has 0 unspecified atom stereocenters. The van der Waals surface area contributed by atoms with E-state index in [1.165, 1.54) is 12.8 Å². The maximum Gasteiger partial charge on any atom is 0.242 e. The molecule has 1 fully saturated rings. The quantitative estimate of drug-likeness (QED) is 0.802. The van der Waals surface area contributed by atoms with Crippen LogP contribution in [0.4, 0.5) is 0 Å². The molecule has 0 aromatic heterocycles. The molecule has 110 valence electrons. The lowest BCUT2D eigenvalue weighted by atomic mass is 9.82. The van der Waals surface area contributed by atoms with Crippen molar-refractivity contribution in [2.75, 3.05) is 7.05 Å². The van der Waals surface area contributed by atoms with Crippen LogP contribution in [0.15, 0.2) is 0 Å². The van der Waals surface area contributed by atoms with Gasteiger partial charge >= 0.3 is 0 Å². The average Bonchev–Trinajstić information content (AvgIpc) is 3.06. The van der Waals surface area contributed by atoms with Gasteiger partial charge in [-0.25, -0.2) is 0 Å². The van der Waals surface area contributed by atoms with Crippen molar-refractivity contribution in [3.63, 3.8) is 0 Å². The first kappa shape index (κ1) is 16.0. The lowest BCUT2D eigenvalue weighted by Gasteiger charge is -2.31. The van der Waals surface area contributed by atoms with Crippen LogP contribution in [0.1, 0.15) is 53.9 Å². The monoisotopic (exact) mass is 268 g/mol. The Hall–Kier alpha value is -1.06. The highest BCUT2D eigenvalue weighted by atomic mass is 16.2. The van der Waals surface area contributed by atoms with E-state index in [1.54, 1.807) is 7.05 Å². The highest BCUT2D eigenvalue weighted by Gasteiger charge is 2.40. The third-order valence-corrected chi connectivity index (χ3v) is 3.98. The number of amides is 2. The van der Waals surface area contributed by atoms with Crippen molar-refractivity contribution in [2.24, 2.45) is 16.7 Å². The first-order valence-corrected chi connectivity index (χ1v) is 7.09. The highest BCUT2D eigenvalue weighted by molar-refractivity contribution is 5.88. The molecule has 4 heteroatoms. The minimum absolute atomic E-state index is 0.0274. The number of hydrogen-bond donors (Lipinski definition) is 2. The summed E-state index contributed by atoms with van der Waals surface area (Å²) in [6.07, 6.45) is 2.93. The molecule has 0 aromatic carbocycles. The molecule has 2 amide bonds. The van der Waals surface area contributed by atoms with E-state index in [4.69, 9.17) is 0 Å². The third kappa shape index (κ3) is 4.51. The summed E-state index contributed by atoms with van der Waals surface area (Å²) in [6, 6.07) is -0.486. The van der Waals surface area contributed by atoms with Gasteiger partial charge in [-0.1, -0.05) is 34.6 Å². The second-order valence-electron chi connectivity index (χ2n) is 7.42. The molecule has 0 aliphatic heterocycles. The molecular formula is C15H28N2O2. The van der Waals surface area contributed by atoms with Gasteiger partial charge in [-0.05, 0) is 29.6 Å². The first-order valence-electron chi connectivity index (χ1n) is 7.09. The van der Waals surface area contributed by atoms with Gasteiger partial charge < -0.3 is 10.6 Å². The summed E-state index contributed by atoms with van der Waals surface area (Å²) < 4.78 is 0. The Morgan fingerprint density at radius 1 is 1.16 bits per heavy atom. The second-order valence-corrected chi connectivity index (χ2v) is 7.42. The summed E-state index contributed by atoms with van der Waals surface area (Å²) >= 11 is 0. The van der Waals surface area contributed by atoms with Crippen LogP contribution in [0.2, 0.25) is 0 Å². The van der Waals surface area contributed by atoms with Crippen LogP contribution in [-0.4, -0.2) is 24.9 Å². The molecule has 0 spiro atoms. The Labute approximate surface area is 116 Å². The fraction of sp³-hybridized carbons (Fsp3) is 0.867. The molecule has 1 atom stereocenters. The maximum absolute atomic E-state index is 12.2. The van der Waals surface area contributed by atoms with Crippen LogP contribution in [0.25, 0.3) is 0 Å². The van der Waals surface area contributed by atoms with Gasteiger partial charge in [-0.2, -0.15) is 0 Å². The smallest absolute Gasteiger partial charge is 0.242 e. The lowest BCUT2D eigenvalue weighted by molar-refractivity contribution is -0.132. The van der Waals surface area contributed by atoms with Gasteiger partial charge in [-0.3, -0.25) is 9.59 Å². The van der Waals surface area contributed by atoms with Crippen molar-refractivity contribution in [1.82, 2.24) is 10.6 Å². The summed E-state index contributed by atoms with van der Waals surface area (Å²) in [4.78, 5) is 24.1. The van der Waals surface area contributed by atoms with Crippen molar-refractivity contribution in [3.8, 4) is 0 Å². The molecule has 0 heterocycles. The standard InChI is InChI=1S/C15H28N2O2/c1-14(2,3)12(13(19)16-6)17-11(18)9-15(4,5)10-7-8-10/h10,12H,7-9H2,1-6H3,(H,16,19)(H,17,18)/t12-/m1/s1. The van der Waals surface area contributed by atoms with Gasteiger partial charge in [-0.15, -0.1) is 0 Å². The second kappa shape index (κ2) is 5.51. The minimum atomic E-state index is -0.486. The molecular weight excluding hydrogens is 240 g/mol. The van der Waals surface area contributed by atoms with Gasteiger partial charge in [0, 0.05) is 13.5 Å². The zero-order valence-corrected chi connectivity index (χ0v) is 13.1. The van der Waals surface area contributed by atoms with E-state index in [-0.39, 0.29) is 22.6 Å². The van der Waals surface area contributed by atoms with E-state index in [0.29, 0.717) is 12.3 Å². The number of carbonyl (C=O) groups excluding carboxylic acids is 2. The highest BCUT2D eigenvalue weighted by Crippen LogP contribution is 2.47. The van der Waals surface area contributed by atoms with Gasteiger partial charge in [0.15, 0.2) is 0 Å². The number of likely N-dealkylation sites (N-methyl/N-ethyl adjacent to an activating group) is 1. The molecule has 1 aliphatic carbocycles. The molecule has 1 rings (SSSR count). The summed E-state index contributed by atoms with van der Waals surface area (Å²) in [7, 11) is 1.60. The lowest BCUT2D eigenvalue weighted by Crippen LogP contribution is -2.53. The summed E-state index contributed by atoms with van der Waals surface area (Å²) in [5.41, 5.74) is -0.255. The molecule has 1 aliphatic rings. The number of carbonyl (C=O) groups is 2.